The van der Waals surface area contributed by atoms with E-state index in [9.17, 15) is 43.2 Å². The number of carbonyl (C=O) groups excluding carboxylic acids is 4. The van der Waals surface area contributed by atoms with Crippen molar-refractivity contribution in [1.29, 1.82) is 0 Å². The zero-order valence-corrected chi connectivity index (χ0v) is 68.0. The van der Waals surface area contributed by atoms with E-state index in [0.29, 0.717) is 31.6 Å². The van der Waals surface area contributed by atoms with Crippen LogP contribution in [0.2, 0.25) is 0 Å². The number of carbonyl (C=O) groups is 4. The van der Waals surface area contributed by atoms with E-state index in [1.165, 1.54) is 244 Å². The van der Waals surface area contributed by atoms with Crippen LogP contribution in [0.25, 0.3) is 0 Å². The molecular weight excluding hydrogens is 1320 g/mol. The van der Waals surface area contributed by atoms with E-state index >= 15 is 0 Å². The number of hydrogen-bond donors (Lipinski definition) is 3. The van der Waals surface area contributed by atoms with Crippen molar-refractivity contribution in [2.24, 2.45) is 11.8 Å². The van der Waals surface area contributed by atoms with Crippen LogP contribution in [0, 0.1) is 11.8 Å². The minimum atomic E-state index is -4.96. The fourth-order valence-electron chi connectivity index (χ4n) is 12.7. The number of phosphoric ester groups is 2. The summed E-state index contributed by atoms with van der Waals surface area (Å²) in [5, 5.41) is 10.6. The van der Waals surface area contributed by atoms with Crippen LogP contribution >= 0.6 is 15.6 Å². The second-order valence-electron chi connectivity index (χ2n) is 30.5. The fraction of sp³-hybridized carbons (Fsp3) is 0.951. The van der Waals surface area contributed by atoms with Crippen molar-refractivity contribution in [3.8, 4) is 0 Å². The minimum absolute atomic E-state index is 0.104. The van der Waals surface area contributed by atoms with Crippen LogP contribution in [0.15, 0.2) is 0 Å². The van der Waals surface area contributed by atoms with Crippen LogP contribution in [0.1, 0.15) is 433 Å². The molecule has 0 aliphatic carbocycles. The van der Waals surface area contributed by atoms with Crippen molar-refractivity contribution >= 4 is 39.5 Å². The van der Waals surface area contributed by atoms with Gasteiger partial charge in [-0.25, -0.2) is 9.13 Å². The molecule has 0 saturated carbocycles. The molecule has 0 bridgehead atoms. The van der Waals surface area contributed by atoms with E-state index in [1.807, 2.05) is 0 Å². The molecule has 0 aromatic carbocycles. The molecule has 0 saturated heterocycles. The largest absolute Gasteiger partial charge is 0.472 e. The minimum Gasteiger partial charge on any atom is -0.462 e. The number of unbranched alkanes of at least 4 members (excludes halogenated alkanes) is 51. The molecule has 0 fully saturated rings. The average Bonchev–Trinajstić information content (AvgIpc) is 0.960. The fourth-order valence-corrected chi connectivity index (χ4v) is 14.3. The molecule has 19 heteroatoms. The van der Waals surface area contributed by atoms with Crippen LogP contribution in [-0.4, -0.2) is 96.7 Å². The van der Waals surface area contributed by atoms with Gasteiger partial charge in [0.05, 0.1) is 26.4 Å². The molecule has 0 aromatic rings. The van der Waals surface area contributed by atoms with E-state index in [4.69, 9.17) is 37.0 Å². The van der Waals surface area contributed by atoms with Crippen LogP contribution in [0.4, 0.5) is 0 Å². The highest BCUT2D eigenvalue weighted by atomic mass is 31.2. The molecule has 2 unspecified atom stereocenters. The predicted octanol–water partition coefficient (Wildman–Crippen LogP) is 24.7. The van der Waals surface area contributed by atoms with Gasteiger partial charge in [0.25, 0.3) is 0 Å². The molecule has 0 aliphatic heterocycles. The summed E-state index contributed by atoms with van der Waals surface area (Å²) < 4.78 is 68.6. The summed E-state index contributed by atoms with van der Waals surface area (Å²) in [5.41, 5.74) is 0. The number of esters is 4. The Bertz CT molecular complexity index is 1940. The first-order chi connectivity index (χ1) is 48.9. The van der Waals surface area contributed by atoms with Crippen LogP contribution < -0.4 is 0 Å². The van der Waals surface area contributed by atoms with Gasteiger partial charge < -0.3 is 33.8 Å². The van der Waals surface area contributed by atoms with Gasteiger partial charge in [0.2, 0.25) is 0 Å². The van der Waals surface area contributed by atoms with Gasteiger partial charge in [-0.3, -0.25) is 37.3 Å². The van der Waals surface area contributed by atoms with Crippen molar-refractivity contribution in [3.05, 3.63) is 0 Å². The first kappa shape index (κ1) is 99.1. The SMILES string of the molecule is CCCCCCCCCCCCCCCCCCCCCCCC(=O)O[C@H](COC(=O)CCCCCCCCCCCCCCCCCCCCCC)COP(=O)(O)OC[C@@H](O)COP(=O)(O)OC[C@@H](COC(=O)CCCCCCCCC(C)C)OC(=O)CCCCCCCCCCC(C)C. The molecule has 3 N–H and O–H groups in total. The maximum Gasteiger partial charge on any atom is 0.472 e. The van der Waals surface area contributed by atoms with Crippen molar-refractivity contribution in [3.63, 3.8) is 0 Å². The van der Waals surface area contributed by atoms with E-state index in [0.717, 1.165) is 102 Å². The average molecular weight is 1480 g/mol. The highest BCUT2D eigenvalue weighted by Crippen LogP contribution is 2.45. The molecule has 0 rings (SSSR count). The molecular formula is C82H160O17P2. The van der Waals surface area contributed by atoms with Gasteiger partial charge in [0.1, 0.15) is 19.3 Å². The molecule has 5 atom stereocenters. The van der Waals surface area contributed by atoms with Crippen molar-refractivity contribution < 1.29 is 80.2 Å². The highest BCUT2D eigenvalue weighted by Gasteiger charge is 2.30. The lowest BCUT2D eigenvalue weighted by Gasteiger charge is -2.21. The first-order valence-corrected chi connectivity index (χ1v) is 45.5. The van der Waals surface area contributed by atoms with Crippen molar-refractivity contribution in [2.75, 3.05) is 39.6 Å². The zero-order chi connectivity index (χ0) is 74.2. The summed E-state index contributed by atoms with van der Waals surface area (Å²) >= 11 is 0. The van der Waals surface area contributed by atoms with Gasteiger partial charge in [-0.15, -0.1) is 0 Å². The third-order valence-electron chi connectivity index (χ3n) is 19.2. The summed E-state index contributed by atoms with van der Waals surface area (Å²) in [6.07, 6.45) is 64.4. The van der Waals surface area contributed by atoms with Crippen LogP contribution in [0.5, 0.6) is 0 Å². The second kappa shape index (κ2) is 73.6. The van der Waals surface area contributed by atoms with Gasteiger partial charge in [0.15, 0.2) is 12.2 Å². The zero-order valence-electron chi connectivity index (χ0n) is 66.2. The number of rotatable bonds is 81. The van der Waals surface area contributed by atoms with Gasteiger partial charge in [-0.2, -0.15) is 0 Å². The maximum absolute atomic E-state index is 13.1. The molecule has 600 valence electrons. The summed E-state index contributed by atoms with van der Waals surface area (Å²) in [5.74, 6) is -0.717. The third-order valence-corrected chi connectivity index (χ3v) is 21.1. The molecule has 101 heavy (non-hydrogen) atoms. The van der Waals surface area contributed by atoms with Crippen molar-refractivity contribution in [1.82, 2.24) is 0 Å². The quantitative estimate of drug-likeness (QED) is 0.0222. The Kier molecular flexibility index (Phi) is 72.2. The van der Waals surface area contributed by atoms with Gasteiger partial charge in [0, 0.05) is 25.7 Å². The Morgan fingerprint density at radius 3 is 0.673 bits per heavy atom. The molecule has 0 heterocycles. The van der Waals surface area contributed by atoms with Crippen molar-refractivity contribution in [2.45, 2.75) is 452 Å². The van der Waals surface area contributed by atoms with Gasteiger partial charge in [-0.1, -0.05) is 382 Å². The number of aliphatic hydroxyl groups excluding tert-OH is 1. The number of ether oxygens (including phenoxy) is 4. The molecule has 0 spiro atoms. The Hall–Kier alpha value is -1.94. The highest BCUT2D eigenvalue weighted by molar-refractivity contribution is 7.47. The van der Waals surface area contributed by atoms with Gasteiger partial charge >= 0.3 is 39.5 Å². The van der Waals surface area contributed by atoms with E-state index in [-0.39, 0.29) is 25.7 Å². The van der Waals surface area contributed by atoms with Gasteiger partial charge in [-0.05, 0) is 37.5 Å². The van der Waals surface area contributed by atoms with E-state index < -0.39 is 97.5 Å². The number of aliphatic hydroxyl groups is 1. The normalized spacial score (nSPS) is 13.9. The van der Waals surface area contributed by atoms with E-state index in [1.54, 1.807) is 0 Å². The Labute approximate surface area is 619 Å². The number of phosphoric acid groups is 2. The summed E-state index contributed by atoms with van der Waals surface area (Å²) in [7, 11) is -9.92. The predicted molar refractivity (Wildman–Crippen MR) is 414 cm³/mol. The maximum atomic E-state index is 13.1. The smallest absolute Gasteiger partial charge is 0.462 e. The Balaban J connectivity index is 5.18. The monoisotopic (exact) mass is 1480 g/mol. The first-order valence-electron chi connectivity index (χ1n) is 42.5. The molecule has 0 aromatic heterocycles. The standard InChI is InChI=1S/C82H160O17P2/c1-7-9-11-13-15-17-19-21-23-25-27-29-31-33-35-37-39-41-46-54-60-66-81(86)98-77(70-92-79(84)64-58-52-45-40-38-36-34-32-30-28-26-24-22-20-18-16-14-12-10-8-2)72-96-100(88,89)94-68-76(83)69-95-101(90,91)97-73-78(71-93-80(85)65-59-53-49-48-51-57-63-75(5)6)99-82(87)67-61-55-47-43-42-44-50-56-62-74(3)4/h74-78,83H,7-73H2,1-6H3,(H,88,89)(H,90,91)/t76-,77-,78-/m1/s1. The summed E-state index contributed by atoms with van der Waals surface area (Å²) in [6.45, 7) is 9.50. The van der Waals surface area contributed by atoms with Crippen LogP contribution in [0.3, 0.4) is 0 Å². The molecule has 17 nitrogen and oxygen atoms in total. The second-order valence-corrected chi connectivity index (χ2v) is 33.4. The summed E-state index contributed by atoms with van der Waals surface area (Å²) in [6, 6.07) is 0. The molecule has 0 radical (unpaired) electrons. The Morgan fingerprint density at radius 1 is 0.267 bits per heavy atom. The van der Waals surface area contributed by atoms with Crippen LogP contribution in [-0.2, 0) is 65.4 Å². The third kappa shape index (κ3) is 76.1. The number of hydrogen-bond acceptors (Lipinski definition) is 15. The topological polar surface area (TPSA) is 237 Å². The lowest BCUT2D eigenvalue weighted by Crippen LogP contribution is -2.30. The lowest BCUT2D eigenvalue weighted by molar-refractivity contribution is -0.161. The molecule has 0 aliphatic rings. The summed E-state index contributed by atoms with van der Waals surface area (Å²) in [4.78, 5) is 72.9. The van der Waals surface area contributed by atoms with E-state index in [2.05, 4.69) is 41.5 Å². The Morgan fingerprint density at radius 2 is 0.455 bits per heavy atom. The molecule has 0 amide bonds. The lowest BCUT2D eigenvalue weighted by atomic mass is 10.0.